The van der Waals surface area contributed by atoms with Gasteiger partial charge in [0.15, 0.2) is 0 Å². The molecular formula is C17H22N2OS. The highest BCUT2D eigenvalue weighted by molar-refractivity contribution is 7.71. The van der Waals surface area contributed by atoms with Gasteiger partial charge >= 0.3 is 0 Å². The van der Waals surface area contributed by atoms with Crippen LogP contribution in [0.3, 0.4) is 0 Å². The number of nitrogens with zero attached hydrogens (tertiary/aromatic N) is 1. The molecule has 0 unspecified atom stereocenters. The van der Waals surface area contributed by atoms with Crippen molar-refractivity contribution in [3.63, 3.8) is 0 Å². The molecule has 0 amide bonds. The van der Waals surface area contributed by atoms with Crippen molar-refractivity contribution in [1.29, 1.82) is 0 Å². The molecule has 0 aliphatic rings. The van der Waals surface area contributed by atoms with Gasteiger partial charge in [-0.25, -0.2) is 4.98 Å². The maximum atomic E-state index is 6.02. The minimum absolute atomic E-state index is 0.396. The number of nitrogens with one attached hydrogen (secondary N) is 1. The fourth-order valence-electron chi connectivity index (χ4n) is 2.58. The summed E-state index contributed by atoms with van der Waals surface area (Å²) in [6, 6.07) is 12.1. The van der Waals surface area contributed by atoms with E-state index < -0.39 is 5.60 Å². The largest absolute Gasteiger partial charge is 0.367 e. The summed E-state index contributed by atoms with van der Waals surface area (Å²) in [5.74, 6) is 0.820. The van der Waals surface area contributed by atoms with E-state index in [2.05, 4.69) is 35.9 Å². The number of hydrogen-bond donors (Lipinski definition) is 1. The van der Waals surface area contributed by atoms with E-state index in [0.717, 1.165) is 29.9 Å². The molecule has 1 N–H and O–H groups in total. The zero-order chi connectivity index (χ0) is 15.3. The zero-order valence-corrected chi connectivity index (χ0v) is 13.7. The van der Waals surface area contributed by atoms with E-state index in [1.165, 1.54) is 0 Å². The number of hydrogen-bond acceptors (Lipinski definition) is 3. The van der Waals surface area contributed by atoms with Crippen LogP contribution in [0.1, 0.15) is 39.4 Å². The van der Waals surface area contributed by atoms with Gasteiger partial charge in [-0.15, -0.1) is 0 Å². The lowest BCUT2D eigenvalue weighted by Gasteiger charge is -2.30. The molecule has 1 aromatic carbocycles. The summed E-state index contributed by atoms with van der Waals surface area (Å²) in [4.78, 5) is 7.95. The summed E-state index contributed by atoms with van der Waals surface area (Å²) < 4.78 is 6.61. The Bertz CT molecular complexity index is 633. The molecule has 4 heteroatoms. The predicted octanol–water partition coefficient (Wildman–Crippen LogP) is 4.86. The maximum Gasteiger partial charge on any atom is 0.140 e. The van der Waals surface area contributed by atoms with Crippen LogP contribution in [-0.4, -0.2) is 16.6 Å². The zero-order valence-electron chi connectivity index (χ0n) is 12.8. The maximum absolute atomic E-state index is 6.02. The number of aromatic nitrogens is 2. The Kier molecular flexibility index (Phi) is 5.26. The van der Waals surface area contributed by atoms with Gasteiger partial charge in [0.05, 0.1) is 0 Å². The molecule has 1 heterocycles. The van der Waals surface area contributed by atoms with Gasteiger partial charge in [0.25, 0.3) is 0 Å². The van der Waals surface area contributed by atoms with Crippen LogP contribution in [0.15, 0.2) is 36.4 Å². The molecule has 1 aromatic heterocycles. The van der Waals surface area contributed by atoms with Crippen molar-refractivity contribution in [3.8, 4) is 11.3 Å². The van der Waals surface area contributed by atoms with Gasteiger partial charge < -0.3 is 9.72 Å². The lowest BCUT2D eigenvalue weighted by Crippen LogP contribution is -2.31. The van der Waals surface area contributed by atoms with E-state index in [0.29, 0.717) is 11.2 Å². The topological polar surface area (TPSA) is 37.9 Å². The molecule has 0 saturated heterocycles. The van der Waals surface area contributed by atoms with Gasteiger partial charge in [0.2, 0.25) is 0 Å². The molecule has 0 fully saturated rings. The number of aromatic amines is 1. The Morgan fingerprint density at radius 3 is 2.38 bits per heavy atom. The van der Waals surface area contributed by atoms with Crippen molar-refractivity contribution < 1.29 is 4.74 Å². The molecule has 0 aliphatic carbocycles. The molecule has 0 radical (unpaired) electrons. The molecule has 2 aromatic rings. The van der Waals surface area contributed by atoms with Gasteiger partial charge in [0.1, 0.15) is 16.1 Å². The van der Waals surface area contributed by atoms with Crippen LogP contribution in [-0.2, 0) is 10.3 Å². The first-order valence-electron chi connectivity index (χ1n) is 7.46. The molecule has 0 aliphatic heterocycles. The highest BCUT2D eigenvalue weighted by Gasteiger charge is 2.31. The highest BCUT2D eigenvalue weighted by Crippen LogP contribution is 2.31. The Morgan fingerprint density at radius 1 is 1.14 bits per heavy atom. The Labute approximate surface area is 131 Å². The quantitative estimate of drug-likeness (QED) is 0.774. The normalized spacial score (nSPS) is 11.6. The second-order valence-corrected chi connectivity index (χ2v) is 5.40. The van der Waals surface area contributed by atoms with Crippen LogP contribution in [0.4, 0.5) is 0 Å². The van der Waals surface area contributed by atoms with E-state index in [-0.39, 0.29) is 0 Å². The fraction of sp³-hybridized carbons (Fsp3) is 0.412. The number of benzene rings is 1. The van der Waals surface area contributed by atoms with Crippen LogP contribution in [0.2, 0.25) is 0 Å². The third-order valence-corrected chi connectivity index (χ3v) is 4.03. The molecule has 0 bridgehead atoms. The molecular weight excluding hydrogens is 280 g/mol. The molecule has 3 nitrogen and oxygen atoms in total. The average Bonchev–Trinajstić information content (AvgIpc) is 2.53. The highest BCUT2D eigenvalue weighted by atomic mass is 32.1. The third-order valence-electron chi connectivity index (χ3n) is 3.82. The second-order valence-electron chi connectivity index (χ2n) is 4.98. The molecule has 112 valence electrons. The summed E-state index contributed by atoms with van der Waals surface area (Å²) in [6.07, 6.45) is 1.71. The number of rotatable bonds is 6. The number of ether oxygens (including phenoxy) is 1. The van der Waals surface area contributed by atoms with Crippen LogP contribution in [0, 0.1) is 4.64 Å². The Morgan fingerprint density at radius 2 is 1.81 bits per heavy atom. The smallest absolute Gasteiger partial charge is 0.140 e. The molecule has 0 spiro atoms. The summed E-state index contributed by atoms with van der Waals surface area (Å²) in [6.45, 7) is 6.90. The standard InChI is InChI=1S/C17H22N2OS/c1-4-17(5-2,20-6-3)16-18-14(12-15(21)19-16)13-10-8-7-9-11-13/h7-12H,4-6H2,1-3H3,(H,18,19,21). The van der Waals surface area contributed by atoms with Crippen LogP contribution < -0.4 is 0 Å². The summed E-state index contributed by atoms with van der Waals surface area (Å²) in [7, 11) is 0. The number of H-pyrrole nitrogens is 1. The van der Waals surface area contributed by atoms with Crippen LogP contribution in [0.25, 0.3) is 11.3 Å². The first-order valence-corrected chi connectivity index (χ1v) is 7.87. The van der Waals surface area contributed by atoms with Gasteiger partial charge in [-0.1, -0.05) is 56.4 Å². The molecule has 21 heavy (non-hydrogen) atoms. The Hall–Kier alpha value is -1.52. The monoisotopic (exact) mass is 302 g/mol. The first kappa shape index (κ1) is 15.9. The minimum atomic E-state index is -0.396. The SMILES string of the molecule is CCOC(CC)(CC)c1nc(=S)cc(-c2ccccc2)[nH]1. The van der Waals surface area contributed by atoms with E-state index in [9.17, 15) is 0 Å². The fourth-order valence-corrected chi connectivity index (χ4v) is 2.79. The van der Waals surface area contributed by atoms with E-state index in [4.69, 9.17) is 17.0 Å². The van der Waals surface area contributed by atoms with Gasteiger partial charge in [0, 0.05) is 12.3 Å². The first-order chi connectivity index (χ1) is 10.1. The van der Waals surface area contributed by atoms with E-state index in [1.807, 2.05) is 31.2 Å². The third kappa shape index (κ3) is 3.39. The average molecular weight is 302 g/mol. The second kappa shape index (κ2) is 6.96. The van der Waals surface area contributed by atoms with Gasteiger partial charge in [-0.3, -0.25) is 0 Å². The minimum Gasteiger partial charge on any atom is -0.367 e. The summed E-state index contributed by atoms with van der Waals surface area (Å²) >= 11 is 5.35. The lowest BCUT2D eigenvalue weighted by atomic mass is 9.95. The van der Waals surface area contributed by atoms with Crippen LogP contribution in [0.5, 0.6) is 0 Å². The summed E-state index contributed by atoms with van der Waals surface area (Å²) in [5, 5.41) is 0. The molecule has 0 saturated carbocycles. The Balaban J connectivity index is 2.55. The van der Waals surface area contributed by atoms with Crippen molar-refractivity contribution >= 4 is 12.2 Å². The van der Waals surface area contributed by atoms with Crippen molar-refractivity contribution in [3.05, 3.63) is 46.9 Å². The van der Waals surface area contributed by atoms with E-state index >= 15 is 0 Å². The van der Waals surface area contributed by atoms with Crippen molar-refractivity contribution in [1.82, 2.24) is 9.97 Å². The summed E-state index contributed by atoms with van der Waals surface area (Å²) in [5.41, 5.74) is 1.69. The molecule has 2 rings (SSSR count). The lowest BCUT2D eigenvalue weighted by molar-refractivity contribution is -0.0571. The van der Waals surface area contributed by atoms with Gasteiger partial charge in [-0.05, 0) is 31.4 Å². The van der Waals surface area contributed by atoms with Gasteiger partial charge in [-0.2, -0.15) is 0 Å². The van der Waals surface area contributed by atoms with Crippen molar-refractivity contribution in [2.24, 2.45) is 0 Å². The van der Waals surface area contributed by atoms with Crippen molar-refractivity contribution in [2.45, 2.75) is 39.2 Å². The predicted molar refractivity (Wildman–Crippen MR) is 88.7 cm³/mol. The van der Waals surface area contributed by atoms with Crippen molar-refractivity contribution in [2.75, 3.05) is 6.61 Å². The van der Waals surface area contributed by atoms with E-state index in [1.54, 1.807) is 0 Å². The molecule has 0 atom stereocenters. The van der Waals surface area contributed by atoms with Crippen LogP contribution >= 0.6 is 12.2 Å².